The lowest BCUT2D eigenvalue weighted by Crippen LogP contribution is -2.13. The van der Waals surface area contributed by atoms with Crippen LogP contribution in [-0.4, -0.2) is 20.7 Å². The molecule has 1 N–H and O–H groups in total. The number of halogens is 1. The molecule has 0 spiro atoms. The van der Waals surface area contributed by atoms with Gasteiger partial charge in [-0.05, 0) is 29.8 Å². The van der Waals surface area contributed by atoms with Gasteiger partial charge in [-0.1, -0.05) is 0 Å². The number of nitrogens with one attached hydrogen (secondary N) is 1. The van der Waals surface area contributed by atoms with Gasteiger partial charge in [-0.15, -0.1) is 11.3 Å². The van der Waals surface area contributed by atoms with Gasteiger partial charge in [0.15, 0.2) is 10.8 Å². The van der Waals surface area contributed by atoms with Crippen LogP contribution in [-0.2, 0) is 6.54 Å². The third kappa shape index (κ3) is 2.73. The van der Waals surface area contributed by atoms with E-state index in [1.54, 1.807) is 10.9 Å². The number of thiazole rings is 1. The fourth-order valence-electron chi connectivity index (χ4n) is 1.28. The monoisotopic (exact) mass is 314 g/mol. The molecule has 2 aromatic rings. The number of hydrogen-bond acceptors (Lipinski definition) is 4. The van der Waals surface area contributed by atoms with Crippen molar-refractivity contribution >= 4 is 38.3 Å². The molecule has 0 saturated heterocycles. The van der Waals surface area contributed by atoms with Crippen molar-refractivity contribution in [1.82, 2.24) is 14.8 Å². The van der Waals surface area contributed by atoms with E-state index >= 15 is 0 Å². The SMILES string of the molecule is CCn1cc(Br)c(C(=O)Nc2nc(C)cs2)n1. The van der Waals surface area contributed by atoms with Crippen LogP contribution in [0.1, 0.15) is 23.1 Å². The summed E-state index contributed by atoms with van der Waals surface area (Å²) < 4.78 is 2.39. The lowest BCUT2D eigenvalue weighted by Gasteiger charge is -1.98. The number of anilines is 1. The number of aryl methyl sites for hydroxylation is 2. The summed E-state index contributed by atoms with van der Waals surface area (Å²) in [6, 6.07) is 0. The molecule has 0 radical (unpaired) electrons. The van der Waals surface area contributed by atoms with E-state index in [9.17, 15) is 4.79 Å². The van der Waals surface area contributed by atoms with Gasteiger partial charge in [-0.25, -0.2) is 4.98 Å². The van der Waals surface area contributed by atoms with Gasteiger partial charge in [0.05, 0.1) is 10.2 Å². The van der Waals surface area contributed by atoms with Gasteiger partial charge in [0.2, 0.25) is 0 Å². The van der Waals surface area contributed by atoms with Crippen LogP contribution in [0.15, 0.2) is 16.0 Å². The molecule has 2 heterocycles. The molecule has 0 saturated carbocycles. The van der Waals surface area contributed by atoms with E-state index in [1.807, 2.05) is 19.2 Å². The Kier molecular flexibility index (Phi) is 3.58. The fourth-order valence-corrected chi connectivity index (χ4v) is 2.46. The molecule has 0 aliphatic heterocycles. The molecule has 17 heavy (non-hydrogen) atoms. The lowest BCUT2D eigenvalue weighted by atomic mass is 10.4. The summed E-state index contributed by atoms with van der Waals surface area (Å²) in [5, 5.41) is 9.36. The minimum atomic E-state index is -0.251. The third-order valence-electron chi connectivity index (χ3n) is 2.10. The van der Waals surface area contributed by atoms with Crippen molar-refractivity contribution in [3.05, 3.63) is 27.4 Å². The second-order valence-corrected chi connectivity index (χ2v) is 5.14. The van der Waals surface area contributed by atoms with E-state index in [0.717, 1.165) is 12.2 Å². The molecular formula is C10H11BrN4OS. The second-order valence-electron chi connectivity index (χ2n) is 3.43. The predicted octanol–water partition coefficient (Wildman–Crippen LogP) is 2.68. The molecule has 0 bridgehead atoms. The molecule has 5 nitrogen and oxygen atoms in total. The average Bonchev–Trinajstić information content (AvgIpc) is 2.85. The number of aromatic nitrogens is 3. The van der Waals surface area contributed by atoms with Crippen LogP contribution >= 0.6 is 27.3 Å². The van der Waals surface area contributed by atoms with Gasteiger partial charge in [-0.3, -0.25) is 14.8 Å². The van der Waals surface area contributed by atoms with Gasteiger partial charge >= 0.3 is 0 Å². The lowest BCUT2D eigenvalue weighted by molar-refractivity contribution is 0.102. The number of carbonyl (C=O) groups excluding carboxylic acids is 1. The Hall–Kier alpha value is -1.21. The van der Waals surface area contributed by atoms with Crippen LogP contribution in [0.4, 0.5) is 5.13 Å². The highest BCUT2D eigenvalue weighted by molar-refractivity contribution is 9.10. The molecule has 7 heteroatoms. The van der Waals surface area contributed by atoms with Gasteiger partial charge in [0.1, 0.15) is 0 Å². The summed E-state index contributed by atoms with van der Waals surface area (Å²) in [4.78, 5) is 16.1. The van der Waals surface area contributed by atoms with Crippen molar-refractivity contribution in [2.75, 3.05) is 5.32 Å². The molecule has 0 unspecified atom stereocenters. The van der Waals surface area contributed by atoms with Crippen molar-refractivity contribution < 1.29 is 4.79 Å². The maximum absolute atomic E-state index is 11.9. The molecule has 0 fully saturated rings. The van der Waals surface area contributed by atoms with E-state index < -0.39 is 0 Å². The number of carbonyl (C=O) groups is 1. The highest BCUT2D eigenvalue weighted by Crippen LogP contribution is 2.19. The van der Waals surface area contributed by atoms with Crippen LogP contribution in [0, 0.1) is 6.92 Å². The molecular weight excluding hydrogens is 304 g/mol. The number of hydrogen-bond donors (Lipinski definition) is 1. The minimum absolute atomic E-state index is 0.251. The predicted molar refractivity (Wildman–Crippen MR) is 70.4 cm³/mol. The standard InChI is InChI=1S/C10H11BrN4OS/c1-3-15-4-7(11)8(14-15)9(16)13-10-12-6(2)5-17-10/h4-5H,3H2,1-2H3,(H,12,13,16). The molecule has 0 aliphatic carbocycles. The van der Waals surface area contributed by atoms with Gasteiger partial charge in [0.25, 0.3) is 5.91 Å². The van der Waals surface area contributed by atoms with Gasteiger partial charge < -0.3 is 0 Å². The second kappa shape index (κ2) is 4.97. The Morgan fingerprint density at radius 2 is 2.41 bits per heavy atom. The summed E-state index contributed by atoms with van der Waals surface area (Å²) in [5.74, 6) is -0.251. The molecule has 2 rings (SSSR count). The topological polar surface area (TPSA) is 59.8 Å². The van der Waals surface area contributed by atoms with E-state index in [-0.39, 0.29) is 5.91 Å². The maximum atomic E-state index is 11.9. The van der Waals surface area contributed by atoms with Crippen LogP contribution in [0.5, 0.6) is 0 Å². The zero-order valence-electron chi connectivity index (χ0n) is 9.40. The van der Waals surface area contributed by atoms with E-state index in [1.165, 1.54) is 11.3 Å². The summed E-state index contributed by atoms with van der Waals surface area (Å²) in [6.07, 6.45) is 1.78. The molecule has 90 valence electrons. The number of amides is 1. The highest BCUT2D eigenvalue weighted by Gasteiger charge is 2.16. The first-order valence-electron chi connectivity index (χ1n) is 5.06. The Balaban J connectivity index is 2.16. The minimum Gasteiger partial charge on any atom is -0.296 e. The number of rotatable bonds is 3. The molecule has 0 atom stereocenters. The van der Waals surface area contributed by atoms with Crippen LogP contribution < -0.4 is 5.32 Å². The average molecular weight is 315 g/mol. The Bertz CT molecular complexity index is 548. The zero-order valence-corrected chi connectivity index (χ0v) is 11.8. The molecule has 2 aromatic heterocycles. The van der Waals surface area contributed by atoms with Crippen LogP contribution in [0.3, 0.4) is 0 Å². The number of nitrogens with zero attached hydrogens (tertiary/aromatic N) is 3. The quantitative estimate of drug-likeness (QED) is 0.947. The Morgan fingerprint density at radius 3 is 2.94 bits per heavy atom. The van der Waals surface area contributed by atoms with Gasteiger partial charge in [0, 0.05) is 18.1 Å². The summed E-state index contributed by atoms with van der Waals surface area (Å²) in [7, 11) is 0. The van der Waals surface area contributed by atoms with Crippen LogP contribution in [0.25, 0.3) is 0 Å². The van der Waals surface area contributed by atoms with Crippen molar-refractivity contribution in [2.45, 2.75) is 20.4 Å². The first-order valence-corrected chi connectivity index (χ1v) is 6.74. The third-order valence-corrected chi connectivity index (χ3v) is 3.55. The molecule has 0 aliphatic rings. The van der Waals surface area contributed by atoms with E-state index in [0.29, 0.717) is 15.3 Å². The summed E-state index contributed by atoms with van der Waals surface area (Å²) >= 11 is 4.71. The molecule has 1 amide bonds. The smallest absolute Gasteiger partial charge is 0.279 e. The normalized spacial score (nSPS) is 10.5. The van der Waals surface area contributed by atoms with Gasteiger partial charge in [-0.2, -0.15) is 5.10 Å². The molecule has 0 aromatic carbocycles. The Labute approximate surface area is 111 Å². The van der Waals surface area contributed by atoms with Crippen molar-refractivity contribution in [1.29, 1.82) is 0 Å². The maximum Gasteiger partial charge on any atom is 0.279 e. The first-order chi connectivity index (χ1) is 8.10. The Morgan fingerprint density at radius 1 is 1.65 bits per heavy atom. The highest BCUT2D eigenvalue weighted by atomic mass is 79.9. The fraction of sp³-hybridized carbons (Fsp3) is 0.300. The summed E-state index contributed by atoms with van der Waals surface area (Å²) in [6.45, 7) is 4.57. The zero-order chi connectivity index (χ0) is 12.4. The van der Waals surface area contributed by atoms with Crippen molar-refractivity contribution in [3.8, 4) is 0 Å². The summed E-state index contributed by atoms with van der Waals surface area (Å²) in [5.41, 5.74) is 1.27. The van der Waals surface area contributed by atoms with Crippen molar-refractivity contribution in [2.24, 2.45) is 0 Å². The first kappa shape index (κ1) is 12.3. The largest absolute Gasteiger partial charge is 0.296 e. The van der Waals surface area contributed by atoms with Crippen molar-refractivity contribution in [3.63, 3.8) is 0 Å². The van der Waals surface area contributed by atoms with E-state index in [2.05, 4.69) is 31.3 Å². The van der Waals surface area contributed by atoms with Crippen LogP contribution in [0.2, 0.25) is 0 Å². The van der Waals surface area contributed by atoms with E-state index in [4.69, 9.17) is 0 Å².